The normalized spacial score (nSPS) is 10.9. The first-order valence-electron chi connectivity index (χ1n) is 10.3. The maximum absolute atomic E-state index is 14.3. The number of carbonyl (C=O) groups excluding carboxylic acids is 1. The third-order valence-corrected chi connectivity index (χ3v) is 5.04. The smallest absolute Gasteiger partial charge is 0.226 e. The van der Waals surface area contributed by atoms with Crippen LogP contribution in [-0.2, 0) is 11.2 Å². The van der Waals surface area contributed by atoms with Crippen LogP contribution < -0.4 is 10.1 Å². The summed E-state index contributed by atoms with van der Waals surface area (Å²) in [6.45, 7) is 1.70. The number of rotatable bonds is 7. The van der Waals surface area contributed by atoms with Gasteiger partial charge in [0.05, 0.1) is 11.4 Å². The third-order valence-electron chi connectivity index (χ3n) is 5.04. The Morgan fingerprint density at radius 1 is 0.912 bits per heavy atom. The number of benzene rings is 3. The molecule has 0 atom stereocenters. The van der Waals surface area contributed by atoms with Crippen LogP contribution in [-0.4, -0.2) is 15.7 Å². The van der Waals surface area contributed by atoms with E-state index in [1.807, 2.05) is 0 Å². The van der Waals surface area contributed by atoms with Crippen LogP contribution >= 0.6 is 0 Å². The molecule has 0 fully saturated rings. The van der Waals surface area contributed by atoms with E-state index in [-0.39, 0.29) is 30.4 Å². The zero-order valence-electron chi connectivity index (χ0n) is 18.0. The highest BCUT2D eigenvalue weighted by Crippen LogP contribution is 2.33. The Hall–Kier alpha value is -4.14. The summed E-state index contributed by atoms with van der Waals surface area (Å²) in [6, 6.07) is 13.7. The third kappa shape index (κ3) is 5.25. The number of hydrogen-bond donors (Lipinski definition) is 1. The molecular weight excluding hydrogens is 450 g/mol. The van der Waals surface area contributed by atoms with Gasteiger partial charge >= 0.3 is 0 Å². The van der Waals surface area contributed by atoms with Gasteiger partial charge in [-0.3, -0.25) is 4.79 Å². The van der Waals surface area contributed by atoms with E-state index in [9.17, 15) is 22.4 Å². The molecule has 34 heavy (non-hydrogen) atoms. The fourth-order valence-corrected chi connectivity index (χ4v) is 3.35. The van der Waals surface area contributed by atoms with Crippen LogP contribution in [0.15, 0.2) is 66.7 Å². The summed E-state index contributed by atoms with van der Waals surface area (Å²) in [5, 5.41) is 7.10. The molecule has 0 aliphatic rings. The number of ether oxygens (including phenoxy) is 1. The first-order chi connectivity index (χ1) is 16.3. The van der Waals surface area contributed by atoms with Crippen LogP contribution in [0, 0.1) is 30.2 Å². The Bertz CT molecular complexity index is 1320. The van der Waals surface area contributed by atoms with E-state index in [1.165, 1.54) is 53.2 Å². The molecule has 1 N–H and O–H groups in total. The number of amides is 1. The van der Waals surface area contributed by atoms with E-state index in [2.05, 4.69) is 10.4 Å². The zero-order valence-corrected chi connectivity index (χ0v) is 18.0. The Morgan fingerprint density at radius 3 is 2.18 bits per heavy atom. The van der Waals surface area contributed by atoms with Gasteiger partial charge in [-0.1, -0.05) is 0 Å². The van der Waals surface area contributed by atoms with Crippen LogP contribution in [0.5, 0.6) is 11.6 Å². The molecule has 1 aromatic heterocycles. The van der Waals surface area contributed by atoms with Crippen molar-refractivity contribution in [1.29, 1.82) is 0 Å². The second-order valence-electron chi connectivity index (χ2n) is 7.49. The number of halogens is 4. The minimum Gasteiger partial charge on any atom is -0.436 e. The molecule has 0 saturated carbocycles. The largest absolute Gasteiger partial charge is 0.436 e. The maximum atomic E-state index is 14.3. The van der Waals surface area contributed by atoms with Gasteiger partial charge in [0.25, 0.3) is 0 Å². The monoisotopic (exact) mass is 469 g/mol. The molecule has 3 aromatic carbocycles. The van der Waals surface area contributed by atoms with E-state index in [0.29, 0.717) is 28.7 Å². The molecule has 4 aromatic rings. The predicted molar refractivity (Wildman–Crippen MR) is 118 cm³/mol. The highest BCUT2D eigenvalue weighted by molar-refractivity contribution is 5.90. The van der Waals surface area contributed by atoms with Crippen molar-refractivity contribution in [2.24, 2.45) is 0 Å². The lowest BCUT2D eigenvalue weighted by atomic mass is 10.1. The molecule has 0 spiro atoms. The molecule has 1 heterocycles. The van der Waals surface area contributed by atoms with Gasteiger partial charge in [0.1, 0.15) is 17.5 Å². The lowest BCUT2D eigenvalue weighted by Gasteiger charge is -2.12. The van der Waals surface area contributed by atoms with Gasteiger partial charge in [0, 0.05) is 23.7 Å². The van der Waals surface area contributed by atoms with E-state index >= 15 is 0 Å². The fourth-order valence-electron chi connectivity index (χ4n) is 3.35. The molecule has 1 amide bonds. The van der Waals surface area contributed by atoms with Crippen molar-refractivity contribution in [3.8, 4) is 17.3 Å². The van der Waals surface area contributed by atoms with E-state index < -0.39 is 23.3 Å². The fraction of sp³-hybridized carbons (Fsp3) is 0.120. The molecule has 0 bridgehead atoms. The second-order valence-corrected chi connectivity index (χ2v) is 7.49. The van der Waals surface area contributed by atoms with Gasteiger partial charge < -0.3 is 10.1 Å². The van der Waals surface area contributed by atoms with Crippen LogP contribution in [0.2, 0.25) is 0 Å². The van der Waals surface area contributed by atoms with Gasteiger partial charge in [0.15, 0.2) is 11.6 Å². The molecule has 5 nitrogen and oxygen atoms in total. The van der Waals surface area contributed by atoms with Gasteiger partial charge in [-0.05, 0) is 74.0 Å². The van der Waals surface area contributed by atoms with Crippen LogP contribution in [0.4, 0.5) is 23.2 Å². The number of aryl methyl sites for hydroxylation is 1. The SMILES string of the molecule is Cc1nn(-c2ccc(F)cc2)c(Oc2ccc(F)cc2F)c1CCC(=O)Nc1ccc(F)cc1. The van der Waals surface area contributed by atoms with Crippen molar-refractivity contribution in [2.45, 2.75) is 19.8 Å². The second kappa shape index (κ2) is 9.78. The predicted octanol–water partition coefficient (Wildman–Crippen LogP) is 6.10. The number of hydrogen-bond acceptors (Lipinski definition) is 3. The standard InChI is InChI=1S/C25H19F4N3O2/c1-15-21(11-13-24(33)30-19-7-2-16(26)3-8-19)25(34-23-12-6-18(28)14-22(23)29)32(31-15)20-9-4-17(27)5-10-20/h2-10,12,14H,11,13H2,1H3,(H,30,33). The summed E-state index contributed by atoms with van der Waals surface area (Å²) >= 11 is 0. The number of nitrogens with one attached hydrogen (secondary N) is 1. The van der Waals surface area contributed by atoms with Crippen molar-refractivity contribution >= 4 is 11.6 Å². The quantitative estimate of drug-likeness (QED) is 0.333. The molecule has 0 aliphatic heterocycles. The first-order valence-corrected chi connectivity index (χ1v) is 10.3. The molecule has 174 valence electrons. The number of nitrogens with zero attached hydrogens (tertiary/aromatic N) is 2. The van der Waals surface area contributed by atoms with Gasteiger partial charge in [0.2, 0.25) is 11.8 Å². The molecule has 0 unspecified atom stereocenters. The highest BCUT2D eigenvalue weighted by atomic mass is 19.1. The zero-order chi connectivity index (χ0) is 24.2. The van der Waals surface area contributed by atoms with E-state index in [4.69, 9.17) is 4.74 Å². The minimum absolute atomic E-state index is 0.0234. The van der Waals surface area contributed by atoms with Crippen LogP contribution in [0.3, 0.4) is 0 Å². The van der Waals surface area contributed by atoms with Crippen LogP contribution in [0.25, 0.3) is 5.69 Å². The average Bonchev–Trinajstić information content (AvgIpc) is 3.11. The molecule has 0 aliphatic carbocycles. The lowest BCUT2D eigenvalue weighted by molar-refractivity contribution is -0.116. The summed E-state index contributed by atoms with van der Waals surface area (Å²) in [7, 11) is 0. The molecular formula is C25H19F4N3O2. The van der Waals surface area contributed by atoms with Crippen molar-refractivity contribution in [3.05, 3.63) is 101 Å². The highest BCUT2D eigenvalue weighted by Gasteiger charge is 2.21. The van der Waals surface area contributed by atoms with Gasteiger partial charge in [-0.2, -0.15) is 5.10 Å². The van der Waals surface area contributed by atoms with Crippen molar-refractivity contribution < 1.29 is 27.1 Å². The lowest BCUT2D eigenvalue weighted by Crippen LogP contribution is -2.12. The maximum Gasteiger partial charge on any atom is 0.226 e. The Balaban J connectivity index is 1.63. The summed E-state index contributed by atoms with van der Waals surface area (Å²) < 4.78 is 61.3. The minimum atomic E-state index is -0.912. The summed E-state index contributed by atoms with van der Waals surface area (Å²) in [6.07, 6.45) is 0.202. The first kappa shape index (κ1) is 23.0. The van der Waals surface area contributed by atoms with Crippen molar-refractivity contribution in [3.63, 3.8) is 0 Å². The average molecular weight is 469 g/mol. The van der Waals surface area contributed by atoms with Crippen LogP contribution in [0.1, 0.15) is 17.7 Å². The molecule has 0 saturated heterocycles. The molecule has 9 heteroatoms. The molecule has 0 radical (unpaired) electrons. The summed E-state index contributed by atoms with van der Waals surface area (Å²) in [5.74, 6) is -2.99. The number of aromatic nitrogens is 2. The summed E-state index contributed by atoms with van der Waals surface area (Å²) in [5.41, 5.74) is 1.91. The molecule has 4 rings (SSSR count). The van der Waals surface area contributed by atoms with Gasteiger partial charge in [-0.15, -0.1) is 0 Å². The Labute approximate surface area is 192 Å². The van der Waals surface area contributed by atoms with Crippen molar-refractivity contribution in [1.82, 2.24) is 9.78 Å². The summed E-state index contributed by atoms with van der Waals surface area (Å²) in [4.78, 5) is 12.4. The number of carbonyl (C=O) groups is 1. The Morgan fingerprint density at radius 2 is 1.53 bits per heavy atom. The van der Waals surface area contributed by atoms with Gasteiger partial charge in [-0.25, -0.2) is 22.2 Å². The van der Waals surface area contributed by atoms with E-state index in [0.717, 1.165) is 12.1 Å². The van der Waals surface area contributed by atoms with E-state index in [1.54, 1.807) is 6.92 Å². The Kier molecular flexibility index (Phi) is 6.62. The topological polar surface area (TPSA) is 56.2 Å². The number of anilines is 1. The van der Waals surface area contributed by atoms with Crippen molar-refractivity contribution in [2.75, 3.05) is 5.32 Å².